The van der Waals surface area contributed by atoms with Crippen molar-refractivity contribution in [3.8, 4) is 0 Å². The fourth-order valence-electron chi connectivity index (χ4n) is 3.78. The van der Waals surface area contributed by atoms with E-state index >= 15 is 0 Å². The van der Waals surface area contributed by atoms with Crippen LogP contribution in [0, 0.1) is 6.92 Å². The van der Waals surface area contributed by atoms with Gasteiger partial charge in [0.15, 0.2) is 0 Å². The summed E-state index contributed by atoms with van der Waals surface area (Å²) in [5.74, 6) is 0.184. The second-order valence-corrected chi connectivity index (χ2v) is 8.75. The third-order valence-electron chi connectivity index (χ3n) is 5.45. The Kier molecular flexibility index (Phi) is 6.82. The van der Waals surface area contributed by atoms with Gasteiger partial charge in [0.2, 0.25) is 5.91 Å². The van der Waals surface area contributed by atoms with Gasteiger partial charge in [0, 0.05) is 24.0 Å². The minimum atomic E-state index is -0.270. The average Bonchev–Trinajstić information content (AvgIpc) is 2.80. The first-order chi connectivity index (χ1) is 15.1. The largest absolute Gasteiger partial charge is 0.351 e. The van der Waals surface area contributed by atoms with Crippen LogP contribution in [-0.2, 0) is 30.7 Å². The van der Waals surface area contributed by atoms with E-state index in [1.807, 2.05) is 49.4 Å². The van der Waals surface area contributed by atoms with Crippen LogP contribution in [0.3, 0.4) is 0 Å². The van der Waals surface area contributed by atoms with Gasteiger partial charge in [-0.3, -0.25) is 14.3 Å². The van der Waals surface area contributed by atoms with Crippen molar-refractivity contribution in [3.05, 3.63) is 87.2 Å². The van der Waals surface area contributed by atoms with Gasteiger partial charge < -0.3 is 5.32 Å². The normalized spacial score (nSPS) is 12.9. The number of amides is 1. The topological polar surface area (TPSA) is 76.9 Å². The van der Waals surface area contributed by atoms with Crippen molar-refractivity contribution in [3.63, 3.8) is 0 Å². The molecule has 1 aliphatic carbocycles. The van der Waals surface area contributed by atoms with E-state index in [9.17, 15) is 9.59 Å². The molecule has 2 heterocycles. The molecule has 3 aromatic rings. The van der Waals surface area contributed by atoms with E-state index in [0.717, 1.165) is 48.2 Å². The van der Waals surface area contributed by atoms with Crippen LogP contribution in [0.5, 0.6) is 0 Å². The van der Waals surface area contributed by atoms with Gasteiger partial charge in [-0.1, -0.05) is 47.7 Å². The molecule has 1 amide bonds. The van der Waals surface area contributed by atoms with Crippen LogP contribution in [0.2, 0.25) is 0 Å². The van der Waals surface area contributed by atoms with E-state index in [4.69, 9.17) is 0 Å². The zero-order valence-corrected chi connectivity index (χ0v) is 18.5. The third-order valence-corrected chi connectivity index (χ3v) is 6.46. The van der Waals surface area contributed by atoms with E-state index in [1.165, 1.54) is 17.3 Å². The minimum absolute atomic E-state index is 0.0606. The fourth-order valence-corrected chi connectivity index (χ4v) is 4.68. The number of hydrogen-bond donors (Lipinski definition) is 1. The molecule has 160 valence electrons. The number of nitrogens with one attached hydrogen (secondary N) is 1. The molecule has 31 heavy (non-hydrogen) atoms. The van der Waals surface area contributed by atoms with Crippen molar-refractivity contribution in [2.75, 3.05) is 5.75 Å². The van der Waals surface area contributed by atoms with E-state index < -0.39 is 0 Å². The summed E-state index contributed by atoms with van der Waals surface area (Å²) in [6.45, 7) is 2.96. The Labute approximate surface area is 186 Å². The molecule has 7 heteroatoms. The Hall–Kier alpha value is -2.93. The number of rotatable bonds is 7. The molecular formula is C24H26N4O2S. The maximum absolute atomic E-state index is 12.8. The standard InChI is InChI=1S/C24H26N4O2S/c1-17-9-11-18(12-10-17)14-26-22(29)16-31-23-20-7-2-3-8-21(20)28(24(30)27-23)15-19-6-4-5-13-25-19/h4-6,9-13H,2-3,7-8,14-16H2,1H3,(H,26,29). The van der Waals surface area contributed by atoms with Gasteiger partial charge in [0.1, 0.15) is 5.03 Å². The van der Waals surface area contributed by atoms with Gasteiger partial charge in [-0.05, 0) is 50.3 Å². The summed E-state index contributed by atoms with van der Waals surface area (Å²) in [6, 6.07) is 13.8. The zero-order valence-electron chi connectivity index (χ0n) is 17.6. The predicted octanol–water partition coefficient (Wildman–Crippen LogP) is 3.28. The van der Waals surface area contributed by atoms with E-state index in [1.54, 1.807) is 10.8 Å². The number of nitrogens with zero attached hydrogens (tertiary/aromatic N) is 3. The van der Waals surface area contributed by atoms with E-state index in [-0.39, 0.29) is 17.3 Å². The Bertz CT molecular complexity index is 1110. The molecule has 0 saturated heterocycles. The lowest BCUT2D eigenvalue weighted by Crippen LogP contribution is -2.31. The smallest absolute Gasteiger partial charge is 0.349 e. The lowest BCUT2D eigenvalue weighted by molar-refractivity contribution is -0.118. The first kappa shape index (κ1) is 21.3. The van der Waals surface area contributed by atoms with E-state index in [2.05, 4.69) is 15.3 Å². The van der Waals surface area contributed by atoms with Crippen LogP contribution in [0.15, 0.2) is 58.5 Å². The van der Waals surface area contributed by atoms with Crippen molar-refractivity contribution in [1.82, 2.24) is 19.9 Å². The van der Waals surface area contributed by atoms with Crippen molar-refractivity contribution >= 4 is 17.7 Å². The number of fused-ring (bicyclic) bond motifs is 1. The Balaban J connectivity index is 1.46. The number of pyridine rings is 1. The van der Waals surface area contributed by atoms with Crippen LogP contribution in [-0.4, -0.2) is 26.2 Å². The lowest BCUT2D eigenvalue weighted by atomic mass is 9.97. The molecule has 2 aromatic heterocycles. The van der Waals surface area contributed by atoms with Gasteiger partial charge in [0.25, 0.3) is 0 Å². The first-order valence-corrected chi connectivity index (χ1v) is 11.6. The minimum Gasteiger partial charge on any atom is -0.351 e. The number of carbonyl (C=O) groups excluding carboxylic acids is 1. The van der Waals surface area contributed by atoms with Crippen molar-refractivity contribution in [1.29, 1.82) is 0 Å². The van der Waals surface area contributed by atoms with Crippen LogP contribution in [0.1, 0.15) is 40.9 Å². The van der Waals surface area contributed by atoms with Crippen molar-refractivity contribution < 1.29 is 4.79 Å². The van der Waals surface area contributed by atoms with Crippen LogP contribution in [0.25, 0.3) is 0 Å². The van der Waals surface area contributed by atoms with E-state index in [0.29, 0.717) is 18.1 Å². The molecule has 1 aliphatic rings. The summed E-state index contributed by atoms with van der Waals surface area (Å²) in [5.41, 5.74) is 4.98. The van der Waals surface area contributed by atoms with Crippen LogP contribution < -0.4 is 11.0 Å². The highest BCUT2D eigenvalue weighted by molar-refractivity contribution is 7.99. The second-order valence-electron chi connectivity index (χ2n) is 7.79. The van der Waals surface area contributed by atoms with Gasteiger partial charge in [-0.15, -0.1) is 0 Å². The lowest BCUT2D eigenvalue weighted by Gasteiger charge is -2.22. The summed E-state index contributed by atoms with van der Waals surface area (Å²) >= 11 is 1.36. The number of thioether (sulfide) groups is 1. The Morgan fingerprint density at radius 3 is 2.71 bits per heavy atom. The quantitative estimate of drug-likeness (QED) is 0.456. The molecule has 1 aromatic carbocycles. The molecule has 0 radical (unpaired) electrons. The van der Waals surface area contributed by atoms with Gasteiger partial charge in [-0.2, -0.15) is 4.98 Å². The highest BCUT2D eigenvalue weighted by Crippen LogP contribution is 2.28. The Morgan fingerprint density at radius 1 is 1.13 bits per heavy atom. The summed E-state index contributed by atoms with van der Waals surface area (Å²) in [7, 11) is 0. The highest BCUT2D eigenvalue weighted by atomic mass is 32.2. The number of hydrogen-bond acceptors (Lipinski definition) is 5. The second kappa shape index (κ2) is 9.92. The maximum atomic E-state index is 12.8. The van der Waals surface area contributed by atoms with Gasteiger partial charge >= 0.3 is 5.69 Å². The molecule has 0 unspecified atom stereocenters. The average molecular weight is 435 g/mol. The number of aromatic nitrogens is 3. The molecule has 0 aliphatic heterocycles. The van der Waals surface area contributed by atoms with Crippen LogP contribution in [0.4, 0.5) is 0 Å². The monoisotopic (exact) mass is 434 g/mol. The zero-order chi connectivity index (χ0) is 21.6. The molecule has 4 rings (SSSR count). The maximum Gasteiger partial charge on any atom is 0.349 e. The molecule has 1 N–H and O–H groups in total. The van der Waals surface area contributed by atoms with Crippen LogP contribution >= 0.6 is 11.8 Å². The SMILES string of the molecule is Cc1ccc(CNC(=O)CSc2nc(=O)n(Cc3ccccn3)c3c2CCCC3)cc1. The first-order valence-electron chi connectivity index (χ1n) is 10.6. The molecular weight excluding hydrogens is 408 g/mol. The van der Waals surface area contributed by atoms with Gasteiger partial charge in [0.05, 0.1) is 18.0 Å². The molecule has 0 bridgehead atoms. The fraction of sp³-hybridized carbons (Fsp3) is 0.333. The summed E-state index contributed by atoms with van der Waals surface area (Å²) in [4.78, 5) is 33.9. The van der Waals surface area contributed by atoms with Crippen molar-refractivity contribution in [2.45, 2.75) is 50.7 Å². The highest BCUT2D eigenvalue weighted by Gasteiger charge is 2.21. The van der Waals surface area contributed by atoms with Crippen molar-refractivity contribution in [2.24, 2.45) is 0 Å². The molecule has 0 atom stereocenters. The summed E-state index contributed by atoms with van der Waals surface area (Å²) < 4.78 is 1.75. The number of carbonyl (C=O) groups is 1. The molecule has 0 spiro atoms. The predicted molar refractivity (Wildman–Crippen MR) is 122 cm³/mol. The molecule has 0 fully saturated rings. The number of benzene rings is 1. The molecule has 0 saturated carbocycles. The van der Waals surface area contributed by atoms with Gasteiger partial charge in [-0.25, -0.2) is 4.79 Å². The summed E-state index contributed by atoms with van der Waals surface area (Å²) in [5, 5.41) is 3.64. The molecule has 6 nitrogen and oxygen atoms in total. The number of aryl methyl sites for hydroxylation is 1. The third kappa shape index (κ3) is 5.41. The summed E-state index contributed by atoms with van der Waals surface area (Å²) in [6.07, 6.45) is 5.61. The Morgan fingerprint density at radius 2 is 1.94 bits per heavy atom.